The van der Waals surface area contributed by atoms with E-state index in [4.69, 9.17) is 14.2 Å². The fraction of sp³-hybridized carbons (Fsp3) is 0.909. The standard InChI is InChI=1S/C22H38O7/c1-19(2,18(26)28-7)14-8-10-21(4)15(20(14,3)12-17(25)27-6)9-11-22(5,29-21)16(24)13-23/h14-16,23-24H,8-13H2,1-7H3/t14-,15+,16+,20-,21+,22-/m1/s1. The van der Waals surface area contributed by atoms with Crippen LogP contribution in [0, 0.1) is 22.7 Å². The van der Waals surface area contributed by atoms with Crippen LogP contribution in [0.5, 0.6) is 0 Å². The van der Waals surface area contributed by atoms with Crippen LogP contribution in [-0.2, 0) is 23.8 Å². The van der Waals surface area contributed by atoms with Crippen molar-refractivity contribution in [2.24, 2.45) is 22.7 Å². The number of hydrogen-bond donors (Lipinski definition) is 2. The number of carbonyl (C=O) groups excluding carboxylic acids is 2. The van der Waals surface area contributed by atoms with Gasteiger partial charge >= 0.3 is 11.9 Å². The van der Waals surface area contributed by atoms with Gasteiger partial charge in [-0.2, -0.15) is 0 Å². The van der Waals surface area contributed by atoms with Crippen LogP contribution < -0.4 is 0 Å². The second kappa shape index (κ2) is 8.16. The molecule has 0 radical (unpaired) electrons. The minimum atomic E-state index is -0.976. The van der Waals surface area contributed by atoms with E-state index in [0.29, 0.717) is 25.7 Å². The van der Waals surface area contributed by atoms with Gasteiger partial charge in [0.1, 0.15) is 6.10 Å². The lowest BCUT2D eigenvalue weighted by molar-refractivity contribution is -0.283. The Labute approximate surface area is 174 Å². The van der Waals surface area contributed by atoms with Gasteiger partial charge in [-0.15, -0.1) is 0 Å². The molecular weight excluding hydrogens is 376 g/mol. The molecule has 2 aliphatic rings. The highest BCUT2D eigenvalue weighted by atomic mass is 16.5. The Bertz CT molecular complexity index is 633. The Kier molecular flexibility index (Phi) is 6.78. The van der Waals surface area contributed by atoms with E-state index in [1.165, 1.54) is 14.2 Å². The van der Waals surface area contributed by atoms with E-state index in [1.807, 2.05) is 27.7 Å². The molecule has 0 bridgehead atoms. The van der Waals surface area contributed by atoms with Crippen LogP contribution >= 0.6 is 0 Å². The van der Waals surface area contributed by atoms with Gasteiger partial charge in [0, 0.05) is 0 Å². The first-order valence-corrected chi connectivity index (χ1v) is 10.4. The maximum Gasteiger partial charge on any atom is 0.311 e. The van der Waals surface area contributed by atoms with Gasteiger partial charge in [-0.25, -0.2) is 0 Å². The molecule has 0 aromatic heterocycles. The maximum absolute atomic E-state index is 12.6. The summed E-state index contributed by atoms with van der Waals surface area (Å²) in [7, 11) is 2.76. The summed E-state index contributed by atoms with van der Waals surface area (Å²) < 4.78 is 16.6. The van der Waals surface area contributed by atoms with Crippen LogP contribution in [0.1, 0.15) is 66.7 Å². The van der Waals surface area contributed by atoms with Gasteiger partial charge in [-0.1, -0.05) is 6.92 Å². The lowest BCUT2D eigenvalue weighted by atomic mass is 9.47. The number of methoxy groups -OCH3 is 2. The molecule has 29 heavy (non-hydrogen) atoms. The van der Waals surface area contributed by atoms with E-state index in [2.05, 4.69) is 6.92 Å². The molecule has 0 aromatic rings. The van der Waals surface area contributed by atoms with Crippen molar-refractivity contribution < 1.29 is 34.0 Å². The van der Waals surface area contributed by atoms with Gasteiger partial charge in [-0.3, -0.25) is 9.59 Å². The molecule has 0 amide bonds. The zero-order valence-electron chi connectivity index (χ0n) is 18.9. The van der Waals surface area contributed by atoms with E-state index in [1.54, 1.807) is 0 Å². The number of rotatable bonds is 6. The summed E-state index contributed by atoms with van der Waals surface area (Å²) >= 11 is 0. The molecule has 0 aromatic carbocycles. The SMILES string of the molecule is COC(=O)C[C@]1(C)[C@@H](C(C)(C)C(=O)OC)CC[C@]2(C)O[C@@](C)([C@@H](O)CO)CC[C@@H]12. The highest BCUT2D eigenvalue weighted by Gasteiger charge is 2.63. The van der Waals surface area contributed by atoms with Crippen molar-refractivity contribution in [2.75, 3.05) is 20.8 Å². The highest BCUT2D eigenvalue weighted by Crippen LogP contribution is 2.62. The third kappa shape index (κ3) is 4.06. The normalized spacial score (nSPS) is 38.7. The number of aliphatic hydroxyl groups is 2. The van der Waals surface area contributed by atoms with Crippen molar-refractivity contribution in [2.45, 2.75) is 84.0 Å². The first-order valence-electron chi connectivity index (χ1n) is 10.4. The Hall–Kier alpha value is -1.18. The van der Waals surface area contributed by atoms with Crippen LogP contribution in [0.15, 0.2) is 0 Å². The fourth-order valence-corrected chi connectivity index (χ4v) is 6.29. The van der Waals surface area contributed by atoms with Gasteiger partial charge < -0.3 is 24.4 Å². The quantitative estimate of drug-likeness (QED) is 0.644. The summed E-state index contributed by atoms with van der Waals surface area (Å²) in [6.07, 6.45) is 1.83. The van der Waals surface area contributed by atoms with E-state index < -0.39 is 28.1 Å². The van der Waals surface area contributed by atoms with Crippen molar-refractivity contribution in [3.63, 3.8) is 0 Å². The molecule has 0 spiro atoms. The summed E-state index contributed by atoms with van der Waals surface area (Å²) in [6, 6.07) is 0. The van der Waals surface area contributed by atoms with E-state index in [9.17, 15) is 19.8 Å². The zero-order chi connectivity index (χ0) is 22.3. The average Bonchev–Trinajstić information content (AvgIpc) is 2.65. The molecule has 7 heteroatoms. The topological polar surface area (TPSA) is 102 Å². The van der Waals surface area contributed by atoms with Crippen molar-refractivity contribution in [3.8, 4) is 0 Å². The molecule has 7 nitrogen and oxygen atoms in total. The smallest absolute Gasteiger partial charge is 0.311 e. The minimum absolute atomic E-state index is 0.0178. The van der Waals surface area contributed by atoms with E-state index in [-0.39, 0.29) is 36.8 Å². The molecule has 168 valence electrons. The Morgan fingerprint density at radius 1 is 1.14 bits per heavy atom. The molecule has 1 aliphatic carbocycles. The summed E-state index contributed by atoms with van der Waals surface area (Å²) in [5.74, 6) is -0.725. The van der Waals surface area contributed by atoms with Crippen LogP contribution in [0.4, 0.5) is 0 Å². The zero-order valence-corrected chi connectivity index (χ0v) is 18.9. The molecule has 2 fully saturated rings. The number of ether oxygens (including phenoxy) is 3. The van der Waals surface area contributed by atoms with Crippen molar-refractivity contribution >= 4 is 11.9 Å². The van der Waals surface area contributed by atoms with Crippen molar-refractivity contribution in [1.82, 2.24) is 0 Å². The number of esters is 2. The Balaban J connectivity index is 2.48. The maximum atomic E-state index is 12.6. The molecule has 0 unspecified atom stereocenters. The number of fused-ring (bicyclic) bond motifs is 1. The molecular formula is C22H38O7. The first kappa shape index (κ1) is 24.1. The lowest BCUT2D eigenvalue weighted by Gasteiger charge is -2.63. The fourth-order valence-electron chi connectivity index (χ4n) is 6.29. The number of aliphatic hydroxyl groups excluding tert-OH is 2. The number of hydrogen-bond acceptors (Lipinski definition) is 7. The second-order valence-corrected chi connectivity index (χ2v) is 10.1. The average molecular weight is 415 g/mol. The number of carbonyl (C=O) groups is 2. The summed E-state index contributed by atoms with van der Waals surface area (Å²) in [5.41, 5.74) is -2.76. The lowest BCUT2D eigenvalue weighted by Crippen LogP contribution is -2.65. The largest absolute Gasteiger partial charge is 0.469 e. The van der Waals surface area contributed by atoms with Crippen LogP contribution in [-0.4, -0.2) is 60.3 Å². The van der Waals surface area contributed by atoms with Crippen molar-refractivity contribution in [3.05, 3.63) is 0 Å². The first-order chi connectivity index (χ1) is 13.3. The van der Waals surface area contributed by atoms with E-state index in [0.717, 1.165) is 0 Å². The van der Waals surface area contributed by atoms with Crippen molar-refractivity contribution in [1.29, 1.82) is 0 Å². The molecule has 1 saturated heterocycles. The van der Waals surface area contributed by atoms with Gasteiger partial charge in [0.05, 0.1) is 43.9 Å². The van der Waals surface area contributed by atoms with Crippen LogP contribution in [0.2, 0.25) is 0 Å². The minimum Gasteiger partial charge on any atom is -0.469 e. The third-order valence-corrected chi connectivity index (χ3v) is 7.87. The molecule has 2 rings (SSSR count). The predicted molar refractivity (Wildman–Crippen MR) is 107 cm³/mol. The summed E-state index contributed by atoms with van der Waals surface area (Å²) in [6.45, 7) is 9.30. The second-order valence-electron chi connectivity index (χ2n) is 10.1. The third-order valence-electron chi connectivity index (χ3n) is 7.87. The summed E-state index contributed by atoms with van der Waals surface area (Å²) in [5, 5.41) is 19.8. The molecule has 2 N–H and O–H groups in total. The molecule has 1 heterocycles. The molecule has 1 saturated carbocycles. The predicted octanol–water partition coefficient (Wildman–Crippen LogP) is 2.46. The van der Waals surface area contributed by atoms with Crippen LogP contribution in [0.3, 0.4) is 0 Å². The Morgan fingerprint density at radius 3 is 2.28 bits per heavy atom. The van der Waals surface area contributed by atoms with Gasteiger partial charge in [0.2, 0.25) is 0 Å². The van der Waals surface area contributed by atoms with Gasteiger partial charge in [0.15, 0.2) is 0 Å². The summed E-state index contributed by atoms with van der Waals surface area (Å²) in [4.78, 5) is 25.0. The highest BCUT2D eigenvalue weighted by molar-refractivity contribution is 5.77. The van der Waals surface area contributed by atoms with Crippen LogP contribution in [0.25, 0.3) is 0 Å². The van der Waals surface area contributed by atoms with Gasteiger partial charge in [0.25, 0.3) is 0 Å². The van der Waals surface area contributed by atoms with Gasteiger partial charge in [-0.05, 0) is 70.6 Å². The molecule has 1 aliphatic heterocycles. The molecule has 6 atom stereocenters. The van der Waals surface area contributed by atoms with E-state index >= 15 is 0 Å². The monoisotopic (exact) mass is 414 g/mol. The Morgan fingerprint density at radius 2 is 1.76 bits per heavy atom.